The average Bonchev–Trinajstić information content (AvgIpc) is 2.70. The van der Waals surface area contributed by atoms with Gasteiger partial charge in [0.2, 0.25) is 10.0 Å². The van der Waals surface area contributed by atoms with Crippen LogP contribution >= 0.6 is 24.0 Å². The highest BCUT2D eigenvalue weighted by Crippen LogP contribution is 2.11. The first-order valence-corrected chi connectivity index (χ1v) is 10.5. The number of sulfonamides is 1. The Kier molecular flexibility index (Phi) is 11.2. The van der Waals surface area contributed by atoms with Crippen LogP contribution in [-0.2, 0) is 27.8 Å². The zero-order chi connectivity index (χ0) is 20.4. The number of ether oxygens (including phenoxy) is 1. The summed E-state index contributed by atoms with van der Waals surface area (Å²) in [6, 6.07) is 15.1. The molecule has 0 unspecified atom stereocenters. The van der Waals surface area contributed by atoms with Crippen molar-refractivity contribution in [2.75, 3.05) is 27.3 Å². The third kappa shape index (κ3) is 8.69. The van der Waals surface area contributed by atoms with Gasteiger partial charge in [-0.25, -0.2) is 13.1 Å². The summed E-state index contributed by atoms with van der Waals surface area (Å²) in [7, 11) is -0.325. The molecule has 2 aromatic carbocycles. The first-order chi connectivity index (χ1) is 13.4. The van der Waals surface area contributed by atoms with Crippen molar-refractivity contribution in [3.63, 3.8) is 0 Å². The molecule has 9 heteroatoms. The second-order valence-corrected chi connectivity index (χ2v) is 8.07. The minimum Gasteiger partial charge on any atom is -0.383 e. The molecular weight excluding hydrogens is 503 g/mol. The number of halogens is 1. The molecular formula is C20H29IN4O3S. The van der Waals surface area contributed by atoms with Crippen molar-refractivity contribution < 1.29 is 13.2 Å². The molecule has 0 amide bonds. The van der Waals surface area contributed by atoms with E-state index in [-0.39, 0.29) is 35.4 Å². The number of hydrogen-bond donors (Lipinski definition) is 3. The molecule has 0 saturated carbocycles. The number of nitrogens with zero attached hydrogens (tertiary/aromatic N) is 1. The number of nitrogens with one attached hydrogen (secondary N) is 3. The van der Waals surface area contributed by atoms with Crippen LogP contribution in [0, 0.1) is 6.92 Å². The van der Waals surface area contributed by atoms with Crippen molar-refractivity contribution in [1.29, 1.82) is 0 Å². The Bertz CT molecular complexity index is 887. The Morgan fingerprint density at radius 3 is 2.31 bits per heavy atom. The second kappa shape index (κ2) is 12.8. The van der Waals surface area contributed by atoms with Gasteiger partial charge in [-0.3, -0.25) is 4.99 Å². The highest BCUT2D eigenvalue weighted by atomic mass is 127. The highest BCUT2D eigenvalue weighted by Gasteiger charge is 2.13. The van der Waals surface area contributed by atoms with E-state index in [1.165, 1.54) is 12.7 Å². The van der Waals surface area contributed by atoms with E-state index < -0.39 is 10.0 Å². The smallest absolute Gasteiger partial charge is 0.240 e. The van der Waals surface area contributed by atoms with Crippen molar-refractivity contribution in [1.82, 2.24) is 15.4 Å². The molecule has 0 aliphatic rings. The molecule has 0 bridgehead atoms. The van der Waals surface area contributed by atoms with Crippen LogP contribution in [0.3, 0.4) is 0 Å². The lowest BCUT2D eigenvalue weighted by Gasteiger charge is -2.13. The molecule has 0 heterocycles. The predicted molar refractivity (Wildman–Crippen MR) is 127 cm³/mol. The van der Waals surface area contributed by atoms with E-state index >= 15 is 0 Å². The molecule has 0 aliphatic carbocycles. The molecule has 7 nitrogen and oxygen atoms in total. The monoisotopic (exact) mass is 532 g/mol. The molecule has 160 valence electrons. The van der Waals surface area contributed by atoms with Crippen LogP contribution in [0.1, 0.15) is 16.7 Å². The van der Waals surface area contributed by atoms with Gasteiger partial charge in [0.1, 0.15) is 0 Å². The predicted octanol–water partition coefficient (Wildman–Crippen LogP) is 2.40. The van der Waals surface area contributed by atoms with Crippen LogP contribution in [0.15, 0.2) is 58.4 Å². The van der Waals surface area contributed by atoms with E-state index in [0.29, 0.717) is 25.7 Å². The maximum Gasteiger partial charge on any atom is 0.240 e. The minimum atomic E-state index is -3.55. The molecule has 29 heavy (non-hydrogen) atoms. The van der Waals surface area contributed by atoms with Crippen molar-refractivity contribution in [2.24, 2.45) is 4.99 Å². The van der Waals surface area contributed by atoms with Crippen molar-refractivity contribution in [3.05, 3.63) is 65.2 Å². The average molecular weight is 532 g/mol. The van der Waals surface area contributed by atoms with Gasteiger partial charge >= 0.3 is 0 Å². The van der Waals surface area contributed by atoms with Crippen LogP contribution in [0.2, 0.25) is 0 Å². The van der Waals surface area contributed by atoms with Crippen molar-refractivity contribution >= 4 is 40.0 Å². The Balaban J connectivity index is 0.00000420. The number of methoxy groups -OCH3 is 1. The number of benzene rings is 2. The molecule has 2 rings (SSSR count). The van der Waals surface area contributed by atoms with Gasteiger partial charge in [-0.15, -0.1) is 24.0 Å². The zero-order valence-corrected chi connectivity index (χ0v) is 20.1. The van der Waals surface area contributed by atoms with Gasteiger partial charge in [0.25, 0.3) is 0 Å². The van der Waals surface area contributed by atoms with Crippen molar-refractivity contribution in [3.8, 4) is 0 Å². The molecule has 3 N–H and O–H groups in total. The van der Waals surface area contributed by atoms with Crippen LogP contribution in [0.25, 0.3) is 0 Å². The van der Waals surface area contributed by atoms with E-state index in [1.54, 1.807) is 25.2 Å². The van der Waals surface area contributed by atoms with Crippen LogP contribution in [0.5, 0.6) is 0 Å². The number of rotatable bonds is 9. The standard InChI is InChI=1S/C20H28N4O3S.HI/c1-16-7-9-17(10-8-16)14-22-20(21-2)23-15-18-5-4-6-19(13-18)28(25,26)24-11-12-27-3;/h4-10,13,24H,11-12,14-15H2,1-3H3,(H2,21,22,23);1H. The van der Waals surface area contributed by atoms with E-state index in [0.717, 1.165) is 11.1 Å². The van der Waals surface area contributed by atoms with Gasteiger partial charge in [0, 0.05) is 33.8 Å². The molecule has 0 fully saturated rings. The van der Waals surface area contributed by atoms with E-state index in [9.17, 15) is 8.42 Å². The first-order valence-electron chi connectivity index (χ1n) is 9.02. The molecule has 0 aromatic heterocycles. The lowest BCUT2D eigenvalue weighted by atomic mass is 10.1. The first kappa shape index (κ1) is 25.3. The normalized spacial score (nSPS) is 11.6. The lowest BCUT2D eigenvalue weighted by molar-refractivity contribution is 0.204. The summed E-state index contributed by atoms with van der Waals surface area (Å²) in [6.07, 6.45) is 0. The number of aliphatic imine (C=N–C) groups is 1. The lowest BCUT2D eigenvalue weighted by Crippen LogP contribution is -2.36. The SMILES string of the molecule is CN=C(NCc1ccc(C)cc1)NCc1cccc(S(=O)(=O)NCCOC)c1.I. The fraction of sp³-hybridized carbons (Fsp3) is 0.350. The summed E-state index contributed by atoms with van der Waals surface area (Å²) in [6.45, 7) is 3.71. The summed E-state index contributed by atoms with van der Waals surface area (Å²) in [5.41, 5.74) is 3.22. The topological polar surface area (TPSA) is 91.8 Å². The van der Waals surface area contributed by atoms with Crippen LogP contribution in [0.4, 0.5) is 0 Å². The van der Waals surface area contributed by atoms with Gasteiger partial charge in [0.15, 0.2) is 5.96 Å². The molecule has 0 atom stereocenters. The van der Waals surface area contributed by atoms with Gasteiger partial charge in [-0.1, -0.05) is 42.0 Å². The van der Waals surface area contributed by atoms with E-state index in [2.05, 4.69) is 51.5 Å². The third-order valence-corrected chi connectivity index (χ3v) is 5.53. The fourth-order valence-electron chi connectivity index (χ4n) is 2.48. The summed E-state index contributed by atoms with van der Waals surface area (Å²) >= 11 is 0. The Labute approximate surface area is 190 Å². The molecule has 2 aromatic rings. The minimum absolute atomic E-state index is 0. The second-order valence-electron chi connectivity index (χ2n) is 6.30. The van der Waals surface area contributed by atoms with E-state index in [1.807, 2.05) is 6.07 Å². The zero-order valence-electron chi connectivity index (χ0n) is 16.9. The van der Waals surface area contributed by atoms with Crippen molar-refractivity contribution in [2.45, 2.75) is 24.9 Å². The Morgan fingerprint density at radius 2 is 1.69 bits per heavy atom. The summed E-state index contributed by atoms with van der Waals surface area (Å²) in [5.74, 6) is 0.645. The Morgan fingerprint density at radius 1 is 1.03 bits per heavy atom. The molecule has 0 saturated heterocycles. The largest absolute Gasteiger partial charge is 0.383 e. The molecule has 0 aliphatic heterocycles. The number of guanidine groups is 1. The van der Waals surface area contributed by atoms with E-state index in [4.69, 9.17) is 4.74 Å². The quantitative estimate of drug-likeness (QED) is 0.200. The molecule has 0 spiro atoms. The Hall–Kier alpha value is -1.69. The van der Waals surface area contributed by atoms with Gasteiger partial charge in [0.05, 0.1) is 11.5 Å². The van der Waals surface area contributed by atoms with Crippen LogP contribution < -0.4 is 15.4 Å². The maximum absolute atomic E-state index is 12.3. The maximum atomic E-state index is 12.3. The summed E-state index contributed by atoms with van der Waals surface area (Å²) in [4.78, 5) is 4.43. The highest BCUT2D eigenvalue weighted by molar-refractivity contribution is 14.0. The third-order valence-electron chi connectivity index (χ3n) is 4.07. The van der Waals surface area contributed by atoms with Gasteiger partial charge in [-0.2, -0.15) is 0 Å². The van der Waals surface area contributed by atoms with Gasteiger partial charge < -0.3 is 15.4 Å². The summed E-state index contributed by atoms with van der Waals surface area (Å²) in [5, 5.41) is 6.45. The van der Waals surface area contributed by atoms with Gasteiger partial charge in [-0.05, 0) is 30.2 Å². The number of aryl methyl sites for hydroxylation is 1. The fourth-order valence-corrected chi connectivity index (χ4v) is 3.57. The van der Waals surface area contributed by atoms with Crippen LogP contribution in [-0.4, -0.2) is 41.7 Å². The summed E-state index contributed by atoms with van der Waals surface area (Å²) < 4.78 is 32.0. The molecule has 0 radical (unpaired) electrons. The number of hydrogen-bond acceptors (Lipinski definition) is 4.